The van der Waals surface area contributed by atoms with E-state index in [0.717, 1.165) is 0 Å². The minimum atomic E-state index is -5.17. The molecule has 2 radical (unpaired) electrons. The molecule has 0 aliphatic carbocycles. The van der Waals surface area contributed by atoms with Crippen molar-refractivity contribution in [3.05, 3.63) is 68.8 Å². The summed E-state index contributed by atoms with van der Waals surface area (Å²) in [7, 11) is -15.5. The standard InChI is InChI=1S/6C2H6N2.2Fe.3H2O4S/c6*3-1-2-4;;;3*1-5(2,3)4/h6*3-4H,1-2H2;;;3*(H2,1,2,3,4)/q6*-2;2*+3;;;/p-6. The second-order valence-corrected chi connectivity index (χ2v) is 6.67. The Labute approximate surface area is 264 Å². The molecular formula is C12H36Fe2N12O12S3-12. The summed E-state index contributed by atoms with van der Waals surface area (Å²) in [5.41, 5.74) is 75.2. The molecule has 24 nitrogen and oxygen atoms in total. The Morgan fingerprint density at radius 3 is 0.293 bits per heavy atom. The van der Waals surface area contributed by atoms with Crippen LogP contribution in [0.5, 0.6) is 0 Å². The zero-order chi connectivity index (χ0) is 34.0. The second-order valence-electron chi connectivity index (χ2n) is 4.22. The fourth-order valence-corrected chi connectivity index (χ4v) is 0. The van der Waals surface area contributed by atoms with Gasteiger partial charge in [-0.3, -0.25) is 25.3 Å². The van der Waals surface area contributed by atoms with E-state index >= 15 is 0 Å². The van der Waals surface area contributed by atoms with E-state index in [-0.39, 0.29) is 113 Å². The minimum absolute atomic E-state index is 0. The van der Waals surface area contributed by atoms with Crippen molar-refractivity contribution in [2.45, 2.75) is 0 Å². The van der Waals surface area contributed by atoms with Gasteiger partial charge in [-0.15, -0.1) is 0 Å². The summed E-state index contributed by atoms with van der Waals surface area (Å²) in [6.45, 7) is 2.83. The maximum Gasteiger partial charge on any atom is 3.00 e. The molecular weight excluding hydrogens is 712 g/mol. The topological polar surface area (TPSA) is 526 Å². The van der Waals surface area contributed by atoms with Crippen LogP contribution < -0.4 is 0 Å². The van der Waals surface area contributed by atoms with Gasteiger partial charge < -0.3 is 96.1 Å². The van der Waals surface area contributed by atoms with E-state index in [9.17, 15) is 0 Å². The molecule has 0 aromatic heterocycles. The van der Waals surface area contributed by atoms with Crippen LogP contribution in [-0.2, 0) is 65.3 Å². The summed E-state index contributed by atoms with van der Waals surface area (Å²) in [6.07, 6.45) is 0. The minimum Gasteiger partial charge on any atom is -0.759 e. The van der Waals surface area contributed by atoms with Crippen molar-refractivity contribution in [3.63, 3.8) is 0 Å². The molecule has 0 spiro atoms. The molecule has 0 heterocycles. The first-order valence-electron chi connectivity index (χ1n) is 9.24. The Hall–Kier alpha value is 0.169. The van der Waals surface area contributed by atoms with Crippen molar-refractivity contribution in [2.75, 3.05) is 78.5 Å². The summed E-state index contributed by atoms with van der Waals surface area (Å²) < 4.78 is 102. The molecule has 0 unspecified atom stereocenters. The van der Waals surface area contributed by atoms with Gasteiger partial charge in [-0.1, -0.05) is 0 Å². The van der Waals surface area contributed by atoms with Crippen LogP contribution >= 0.6 is 0 Å². The van der Waals surface area contributed by atoms with Gasteiger partial charge in [0.05, 0.1) is 0 Å². The summed E-state index contributed by atoms with van der Waals surface area (Å²) in [4.78, 5) is 0. The molecule has 41 heavy (non-hydrogen) atoms. The van der Waals surface area contributed by atoms with Crippen molar-refractivity contribution in [3.8, 4) is 0 Å². The first-order valence-corrected chi connectivity index (χ1v) is 13.2. The van der Waals surface area contributed by atoms with Crippen LogP contribution in [0.25, 0.3) is 68.8 Å². The fraction of sp³-hybridized carbons (Fsp3) is 1.00. The summed E-state index contributed by atoms with van der Waals surface area (Å²) >= 11 is 0. The molecule has 0 amide bonds. The molecule has 0 aromatic rings. The zero-order valence-corrected chi connectivity index (χ0v) is 26.0. The van der Waals surface area contributed by atoms with E-state index < -0.39 is 31.2 Å². The van der Waals surface area contributed by atoms with Crippen molar-refractivity contribution in [1.82, 2.24) is 0 Å². The number of rotatable bonds is 6. The van der Waals surface area contributed by atoms with Crippen LogP contribution in [0.15, 0.2) is 0 Å². The fourth-order valence-electron chi connectivity index (χ4n) is 0. The Morgan fingerprint density at radius 2 is 0.293 bits per heavy atom. The van der Waals surface area contributed by atoms with E-state index in [0.29, 0.717) is 0 Å². The molecule has 0 bridgehead atoms. The van der Waals surface area contributed by atoms with Gasteiger partial charge in [0.25, 0.3) is 0 Å². The number of hydrogen-bond donors (Lipinski definition) is 0. The maximum absolute atomic E-state index is 8.52. The molecule has 0 aliphatic rings. The van der Waals surface area contributed by atoms with E-state index in [1.165, 1.54) is 0 Å². The molecule has 12 N–H and O–H groups in total. The van der Waals surface area contributed by atoms with Crippen LogP contribution in [0, 0.1) is 0 Å². The van der Waals surface area contributed by atoms with Gasteiger partial charge >= 0.3 is 34.1 Å². The largest absolute Gasteiger partial charge is 3.00 e. The van der Waals surface area contributed by atoms with Gasteiger partial charge in [-0.25, -0.2) is 0 Å². The van der Waals surface area contributed by atoms with Crippen molar-refractivity contribution < 1.29 is 86.7 Å². The predicted octanol–water partition coefficient (Wildman–Crippen LogP) is 2.53. The smallest absolute Gasteiger partial charge is 0.759 e. The summed E-state index contributed by atoms with van der Waals surface area (Å²) in [6, 6.07) is 0. The van der Waals surface area contributed by atoms with Gasteiger partial charge in [0, 0.05) is 31.2 Å². The van der Waals surface area contributed by atoms with E-state index in [1.807, 2.05) is 0 Å². The van der Waals surface area contributed by atoms with Gasteiger partial charge in [0.2, 0.25) is 0 Å². The van der Waals surface area contributed by atoms with Crippen molar-refractivity contribution in [1.29, 1.82) is 0 Å². The Bertz CT molecular complexity index is 532. The van der Waals surface area contributed by atoms with Gasteiger partial charge in [-0.2, -0.15) is 78.5 Å². The van der Waals surface area contributed by atoms with Crippen molar-refractivity contribution in [2.24, 2.45) is 0 Å². The van der Waals surface area contributed by atoms with Gasteiger partial charge in [0.1, 0.15) is 0 Å². The van der Waals surface area contributed by atoms with Crippen LogP contribution in [0.1, 0.15) is 0 Å². The Kier molecular flexibility index (Phi) is 121. The predicted molar refractivity (Wildman–Crippen MR) is 142 cm³/mol. The molecule has 0 aliphatic heterocycles. The van der Waals surface area contributed by atoms with Gasteiger partial charge in [0.15, 0.2) is 0 Å². The Balaban J connectivity index is -0.0000000273. The molecule has 29 heteroatoms. The second kappa shape index (κ2) is 67.7. The van der Waals surface area contributed by atoms with Gasteiger partial charge in [-0.05, 0) is 0 Å². The monoisotopic (exact) mass is 748 g/mol. The van der Waals surface area contributed by atoms with Crippen molar-refractivity contribution >= 4 is 31.2 Å². The number of hydrogen-bond acceptors (Lipinski definition) is 12. The molecule has 0 saturated heterocycles. The molecule has 0 fully saturated rings. The summed E-state index contributed by atoms with van der Waals surface area (Å²) in [5.74, 6) is 0. The summed E-state index contributed by atoms with van der Waals surface area (Å²) in [5, 5.41) is 0. The molecule has 0 rings (SSSR count). The average molecular weight is 748 g/mol. The van der Waals surface area contributed by atoms with E-state index in [2.05, 4.69) is 0 Å². The zero-order valence-electron chi connectivity index (χ0n) is 21.3. The Morgan fingerprint density at radius 1 is 0.268 bits per heavy atom. The number of nitrogens with one attached hydrogen (secondary N) is 12. The van der Waals surface area contributed by atoms with E-state index in [1.54, 1.807) is 0 Å². The first-order chi connectivity index (χ1) is 17.5. The average Bonchev–Trinajstić information content (AvgIpc) is 2.81. The SMILES string of the molecule is O=S(=O)([O-])[O-].O=S(=O)([O-])[O-].O=S(=O)([O-])[O-].[Fe+3].[Fe+3].[NH-]CC[NH-].[NH-]CC[NH-].[NH-]CC[NH-].[NH-]CC[NH-].[NH-]CC[NH-].[NH-]CC[NH-]. The first kappa shape index (κ1) is 73.0. The third kappa shape index (κ3) is 1540. The third-order valence-corrected chi connectivity index (χ3v) is 0.750. The molecule has 0 aromatic carbocycles. The van der Waals surface area contributed by atoms with E-state index in [4.69, 9.17) is 121 Å². The molecule has 0 saturated carbocycles. The van der Waals surface area contributed by atoms with Crippen LogP contribution in [0.3, 0.4) is 0 Å². The van der Waals surface area contributed by atoms with Crippen LogP contribution in [0.4, 0.5) is 0 Å². The maximum atomic E-state index is 8.52. The molecule has 0 atom stereocenters. The van der Waals surface area contributed by atoms with Crippen LogP contribution in [0.2, 0.25) is 0 Å². The molecule has 262 valence electrons. The van der Waals surface area contributed by atoms with Crippen LogP contribution in [-0.4, -0.2) is 131 Å². The normalized spacial score (nSPS) is 8.63. The third-order valence-electron chi connectivity index (χ3n) is 0.750. The quantitative estimate of drug-likeness (QED) is 0.215.